The van der Waals surface area contributed by atoms with Gasteiger partial charge in [0.1, 0.15) is 0 Å². The number of nitrogens with one attached hydrogen (secondary N) is 1. The molecule has 5 rings (SSSR count). The first kappa shape index (κ1) is 16.6. The summed E-state index contributed by atoms with van der Waals surface area (Å²) < 4.78 is 1.94. The first-order valence-corrected chi connectivity index (χ1v) is 10.5. The van der Waals surface area contributed by atoms with E-state index in [-0.39, 0.29) is 11.9 Å². The van der Waals surface area contributed by atoms with Gasteiger partial charge in [-0.3, -0.25) is 4.79 Å². The molecule has 4 nitrogen and oxygen atoms in total. The molecule has 1 N–H and O–H groups in total. The van der Waals surface area contributed by atoms with Crippen LogP contribution in [0.5, 0.6) is 0 Å². The van der Waals surface area contributed by atoms with Crippen LogP contribution in [0, 0.1) is 0 Å². The molecule has 136 valence electrons. The highest BCUT2D eigenvalue weighted by Crippen LogP contribution is 2.43. The molecule has 5 heteroatoms. The third-order valence-electron chi connectivity index (χ3n) is 5.28. The summed E-state index contributed by atoms with van der Waals surface area (Å²) >= 11 is 1.87. The lowest BCUT2D eigenvalue weighted by molar-refractivity contribution is 0.0934. The predicted molar refractivity (Wildman–Crippen MR) is 108 cm³/mol. The quantitative estimate of drug-likeness (QED) is 0.718. The van der Waals surface area contributed by atoms with Crippen molar-refractivity contribution in [3.05, 3.63) is 77.6 Å². The summed E-state index contributed by atoms with van der Waals surface area (Å²) in [5.74, 6) is 1.45. The topological polar surface area (TPSA) is 46.9 Å². The van der Waals surface area contributed by atoms with Gasteiger partial charge in [-0.15, -0.1) is 11.8 Å². The molecular formula is C22H21N3OS. The van der Waals surface area contributed by atoms with Crippen LogP contribution in [0.25, 0.3) is 5.69 Å². The Kier molecular flexibility index (Phi) is 4.24. The standard InChI is InChI=1S/C22H21N3OS/c26-22(24-19-12-13-27-20-9-5-4-8-17(19)20)18-14-23-25(21(18)15-10-11-15)16-6-2-1-3-7-16/h1-9,14-15,19H,10-13H2,(H,24,26)/t19-/m0/s1. The number of nitrogens with zero attached hydrogens (tertiary/aromatic N) is 2. The molecule has 1 aliphatic carbocycles. The van der Waals surface area contributed by atoms with Crippen molar-refractivity contribution in [1.82, 2.24) is 15.1 Å². The van der Waals surface area contributed by atoms with Gasteiger partial charge in [-0.2, -0.15) is 5.10 Å². The second-order valence-corrected chi connectivity index (χ2v) is 8.30. The summed E-state index contributed by atoms with van der Waals surface area (Å²) in [5, 5.41) is 7.83. The molecule has 1 fully saturated rings. The van der Waals surface area contributed by atoms with E-state index in [2.05, 4.69) is 28.6 Å². The fraction of sp³-hybridized carbons (Fsp3) is 0.273. The van der Waals surface area contributed by atoms with Crippen molar-refractivity contribution in [2.75, 3.05) is 5.75 Å². The Morgan fingerprint density at radius 1 is 1.04 bits per heavy atom. The van der Waals surface area contributed by atoms with Gasteiger partial charge in [-0.1, -0.05) is 36.4 Å². The number of aromatic nitrogens is 2. The van der Waals surface area contributed by atoms with Crippen molar-refractivity contribution in [1.29, 1.82) is 0 Å². The molecule has 1 saturated carbocycles. The third kappa shape index (κ3) is 3.16. The van der Waals surface area contributed by atoms with Gasteiger partial charge in [0.15, 0.2) is 0 Å². The van der Waals surface area contributed by atoms with Crippen molar-refractivity contribution in [3.63, 3.8) is 0 Å². The lowest BCUT2D eigenvalue weighted by atomic mass is 10.0. The highest BCUT2D eigenvalue weighted by Gasteiger charge is 2.33. The summed E-state index contributed by atoms with van der Waals surface area (Å²) in [6, 6.07) is 18.5. The smallest absolute Gasteiger partial charge is 0.255 e. The normalized spacial score (nSPS) is 18.7. The number of fused-ring (bicyclic) bond motifs is 1. The lowest BCUT2D eigenvalue weighted by Crippen LogP contribution is -2.31. The third-order valence-corrected chi connectivity index (χ3v) is 6.40. The molecule has 1 amide bonds. The van der Waals surface area contributed by atoms with Crippen molar-refractivity contribution in [2.45, 2.75) is 36.1 Å². The molecule has 1 aliphatic heterocycles. The molecule has 27 heavy (non-hydrogen) atoms. The Bertz CT molecular complexity index is 978. The Hall–Kier alpha value is -2.53. The second-order valence-electron chi connectivity index (χ2n) is 7.17. The van der Waals surface area contributed by atoms with Gasteiger partial charge in [0.2, 0.25) is 0 Å². The minimum atomic E-state index is -0.00853. The minimum Gasteiger partial charge on any atom is -0.345 e. The molecule has 0 radical (unpaired) electrons. The summed E-state index contributed by atoms with van der Waals surface area (Å²) in [5.41, 5.74) is 4.01. The number of rotatable bonds is 4. The fourth-order valence-corrected chi connectivity index (χ4v) is 4.91. The van der Waals surface area contributed by atoms with Crippen LogP contribution in [-0.2, 0) is 0 Å². The van der Waals surface area contributed by atoms with Gasteiger partial charge >= 0.3 is 0 Å². The largest absolute Gasteiger partial charge is 0.345 e. The molecule has 2 aliphatic rings. The van der Waals surface area contributed by atoms with Crippen LogP contribution in [0.15, 0.2) is 65.7 Å². The van der Waals surface area contributed by atoms with E-state index in [1.807, 2.05) is 52.8 Å². The Balaban J connectivity index is 1.46. The van der Waals surface area contributed by atoms with Gasteiger partial charge in [-0.25, -0.2) is 4.68 Å². The van der Waals surface area contributed by atoms with Crippen molar-refractivity contribution >= 4 is 17.7 Å². The number of para-hydroxylation sites is 1. The summed E-state index contributed by atoms with van der Waals surface area (Å²) in [7, 11) is 0. The van der Waals surface area contributed by atoms with Gasteiger partial charge in [0, 0.05) is 16.6 Å². The molecule has 0 saturated heterocycles. The van der Waals surface area contributed by atoms with E-state index in [1.54, 1.807) is 6.20 Å². The average molecular weight is 375 g/mol. The Morgan fingerprint density at radius 2 is 1.81 bits per heavy atom. The van der Waals surface area contributed by atoms with Crippen LogP contribution < -0.4 is 5.32 Å². The van der Waals surface area contributed by atoms with E-state index in [9.17, 15) is 4.79 Å². The van der Waals surface area contributed by atoms with E-state index in [1.165, 1.54) is 10.5 Å². The summed E-state index contributed by atoms with van der Waals surface area (Å²) in [6.07, 6.45) is 4.95. The zero-order chi connectivity index (χ0) is 18.2. The lowest BCUT2D eigenvalue weighted by Gasteiger charge is -2.25. The van der Waals surface area contributed by atoms with E-state index in [4.69, 9.17) is 0 Å². The SMILES string of the molecule is O=C(N[C@H]1CCSc2ccccc21)c1cnn(-c2ccccc2)c1C1CC1. The number of carbonyl (C=O) groups excluding carboxylic acids is 1. The Morgan fingerprint density at radius 3 is 2.63 bits per heavy atom. The van der Waals surface area contributed by atoms with Crippen LogP contribution in [0.1, 0.15) is 52.8 Å². The number of hydrogen-bond donors (Lipinski definition) is 1. The zero-order valence-corrected chi connectivity index (χ0v) is 15.8. The summed E-state index contributed by atoms with van der Waals surface area (Å²) in [6.45, 7) is 0. The molecule has 3 aromatic rings. The Labute approximate surface area is 163 Å². The molecule has 0 spiro atoms. The second kappa shape index (κ2) is 6.89. The molecular weight excluding hydrogens is 354 g/mol. The van der Waals surface area contributed by atoms with Crippen molar-refractivity contribution in [3.8, 4) is 5.69 Å². The van der Waals surface area contributed by atoms with Crippen molar-refractivity contribution < 1.29 is 4.79 Å². The maximum Gasteiger partial charge on any atom is 0.255 e. The maximum absolute atomic E-state index is 13.1. The van der Waals surface area contributed by atoms with E-state index in [0.717, 1.165) is 42.0 Å². The van der Waals surface area contributed by atoms with Gasteiger partial charge < -0.3 is 5.32 Å². The highest BCUT2D eigenvalue weighted by atomic mass is 32.2. The molecule has 2 heterocycles. The number of amides is 1. The van der Waals surface area contributed by atoms with E-state index >= 15 is 0 Å². The van der Waals surface area contributed by atoms with Crippen LogP contribution in [0.2, 0.25) is 0 Å². The number of thioether (sulfide) groups is 1. The van der Waals surface area contributed by atoms with Crippen LogP contribution in [-0.4, -0.2) is 21.4 Å². The molecule has 1 aromatic heterocycles. The minimum absolute atomic E-state index is 0.00853. The van der Waals surface area contributed by atoms with Crippen LogP contribution in [0.3, 0.4) is 0 Å². The van der Waals surface area contributed by atoms with E-state index < -0.39 is 0 Å². The van der Waals surface area contributed by atoms with Gasteiger partial charge in [-0.05, 0) is 43.0 Å². The number of carbonyl (C=O) groups is 1. The van der Waals surface area contributed by atoms with Gasteiger partial charge in [0.25, 0.3) is 5.91 Å². The monoisotopic (exact) mass is 375 g/mol. The first-order chi connectivity index (χ1) is 13.3. The maximum atomic E-state index is 13.1. The molecule has 0 bridgehead atoms. The first-order valence-electron chi connectivity index (χ1n) is 9.47. The van der Waals surface area contributed by atoms with Gasteiger partial charge in [0.05, 0.1) is 29.2 Å². The fourth-order valence-electron chi connectivity index (χ4n) is 3.79. The molecule has 0 unspecified atom stereocenters. The molecule has 1 atom stereocenters. The van der Waals surface area contributed by atoms with Crippen LogP contribution >= 0.6 is 11.8 Å². The van der Waals surface area contributed by atoms with Crippen LogP contribution in [0.4, 0.5) is 0 Å². The van der Waals surface area contributed by atoms with E-state index in [0.29, 0.717) is 5.92 Å². The highest BCUT2D eigenvalue weighted by molar-refractivity contribution is 7.99. The van der Waals surface area contributed by atoms with Crippen molar-refractivity contribution in [2.24, 2.45) is 0 Å². The number of hydrogen-bond acceptors (Lipinski definition) is 3. The average Bonchev–Trinajstić information content (AvgIpc) is 3.46. The molecule has 2 aromatic carbocycles. The zero-order valence-electron chi connectivity index (χ0n) is 15.0. The predicted octanol–water partition coefficient (Wildman–Crippen LogP) is 4.72. The summed E-state index contributed by atoms with van der Waals surface area (Å²) in [4.78, 5) is 14.4. The number of benzene rings is 2.